The smallest absolute Gasteiger partial charge is 0.0605 e. The lowest BCUT2D eigenvalue weighted by Crippen LogP contribution is -2.43. The molecule has 1 unspecified atom stereocenters. The van der Waals surface area contributed by atoms with Gasteiger partial charge in [0.1, 0.15) is 0 Å². The van der Waals surface area contributed by atoms with Gasteiger partial charge >= 0.3 is 0 Å². The molecular formula is C12H20N2. The number of likely N-dealkylation sites (N-methyl/N-ethyl adjacent to an activating group) is 1. The van der Waals surface area contributed by atoms with E-state index in [1.165, 1.54) is 5.70 Å². The highest BCUT2D eigenvalue weighted by Gasteiger charge is 2.24. The van der Waals surface area contributed by atoms with Gasteiger partial charge in [-0.2, -0.15) is 0 Å². The van der Waals surface area contributed by atoms with Gasteiger partial charge in [0.15, 0.2) is 0 Å². The number of hydrogen-bond acceptors (Lipinski definition) is 2. The van der Waals surface area contributed by atoms with E-state index in [-0.39, 0.29) is 5.54 Å². The first-order valence-corrected chi connectivity index (χ1v) is 5.27. The molecule has 0 fully saturated rings. The van der Waals surface area contributed by atoms with Gasteiger partial charge < -0.3 is 10.6 Å². The SMILES string of the molecule is C=CC1(NCC)C=CC=C(NCC)C1. The molecule has 0 bridgehead atoms. The van der Waals surface area contributed by atoms with E-state index in [0.717, 1.165) is 19.5 Å². The molecule has 0 aliphatic heterocycles. The quantitative estimate of drug-likeness (QED) is 0.651. The third-order valence-corrected chi connectivity index (χ3v) is 2.45. The Labute approximate surface area is 86.8 Å². The van der Waals surface area contributed by atoms with E-state index in [2.05, 4.69) is 49.3 Å². The lowest BCUT2D eigenvalue weighted by atomic mass is 9.89. The Kier molecular flexibility index (Phi) is 3.96. The van der Waals surface area contributed by atoms with Crippen molar-refractivity contribution in [2.24, 2.45) is 0 Å². The van der Waals surface area contributed by atoms with Crippen LogP contribution in [0.2, 0.25) is 0 Å². The van der Waals surface area contributed by atoms with Crippen LogP contribution in [0, 0.1) is 0 Å². The summed E-state index contributed by atoms with van der Waals surface area (Å²) in [5, 5.41) is 6.80. The minimum absolute atomic E-state index is 0.0546. The Hall–Kier alpha value is -1.02. The van der Waals surface area contributed by atoms with Crippen LogP contribution in [0.1, 0.15) is 20.3 Å². The van der Waals surface area contributed by atoms with Crippen molar-refractivity contribution in [3.05, 3.63) is 36.6 Å². The maximum atomic E-state index is 3.90. The number of rotatable bonds is 5. The van der Waals surface area contributed by atoms with Gasteiger partial charge in [-0.25, -0.2) is 0 Å². The molecular weight excluding hydrogens is 172 g/mol. The first kappa shape index (κ1) is 11.1. The summed E-state index contributed by atoms with van der Waals surface area (Å²) in [5.41, 5.74) is 1.22. The number of allylic oxidation sites excluding steroid dienone is 2. The standard InChI is InChI=1S/C12H20N2/c1-4-12(14-6-3)9-7-8-11(10-12)13-5-2/h4,7-9,13-14H,1,5-6,10H2,2-3H3. The molecule has 1 aliphatic carbocycles. The highest BCUT2D eigenvalue weighted by Crippen LogP contribution is 2.22. The second-order valence-corrected chi connectivity index (χ2v) is 3.53. The minimum Gasteiger partial charge on any atom is -0.389 e. The van der Waals surface area contributed by atoms with Crippen molar-refractivity contribution in [3.8, 4) is 0 Å². The van der Waals surface area contributed by atoms with Gasteiger partial charge in [-0.3, -0.25) is 0 Å². The van der Waals surface area contributed by atoms with Crippen LogP contribution >= 0.6 is 0 Å². The highest BCUT2D eigenvalue weighted by atomic mass is 15.0. The van der Waals surface area contributed by atoms with Crippen LogP contribution in [-0.2, 0) is 0 Å². The number of nitrogens with one attached hydrogen (secondary N) is 2. The maximum Gasteiger partial charge on any atom is 0.0605 e. The summed E-state index contributed by atoms with van der Waals surface area (Å²) in [4.78, 5) is 0. The Bertz CT molecular complexity index is 253. The zero-order valence-corrected chi connectivity index (χ0v) is 9.14. The first-order chi connectivity index (χ1) is 6.76. The predicted molar refractivity (Wildman–Crippen MR) is 62.1 cm³/mol. The molecule has 0 heterocycles. The fraction of sp³-hybridized carbons (Fsp3) is 0.500. The minimum atomic E-state index is -0.0546. The summed E-state index contributed by atoms with van der Waals surface area (Å²) in [7, 11) is 0. The molecule has 78 valence electrons. The summed E-state index contributed by atoms with van der Waals surface area (Å²) >= 11 is 0. The summed E-state index contributed by atoms with van der Waals surface area (Å²) in [5.74, 6) is 0. The molecule has 1 aliphatic rings. The fourth-order valence-electron chi connectivity index (χ4n) is 1.78. The van der Waals surface area contributed by atoms with Crippen LogP contribution in [-0.4, -0.2) is 18.6 Å². The van der Waals surface area contributed by atoms with Gasteiger partial charge in [-0.1, -0.05) is 25.2 Å². The third kappa shape index (κ3) is 2.48. The average molecular weight is 192 g/mol. The third-order valence-electron chi connectivity index (χ3n) is 2.45. The molecule has 1 atom stereocenters. The summed E-state index contributed by atoms with van der Waals surface area (Å²) in [6.07, 6.45) is 9.34. The van der Waals surface area contributed by atoms with Gasteiger partial charge in [0.2, 0.25) is 0 Å². The van der Waals surface area contributed by atoms with Gasteiger partial charge in [0, 0.05) is 18.7 Å². The van der Waals surface area contributed by atoms with Crippen LogP contribution in [0.4, 0.5) is 0 Å². The van der Waals surface area contributed by atoms with Crippen molar-refractivity contribution in [1.29, 1.82) is 0 Å². The van der Waals surface area contributed by atoms with Crippen molar-refractivity contribution in [2.45, 2.75) is 25.8 Å². The molecule has 14 heavy (non-hydrogen) atoms. The summed E-state index contributed by atoms with van der Waals surface area (Å²) in [6.45, 7) is 10.1. The second kappa shape index (κ2) is 5.01. The molecule has 0 aromatic carbocycles. The molecule has 2 nitrogen and oxygen atoms in total. The predicted octanol–water partition coefficient (Wildman–Crippen LogP) is 1.97. The summed E-state index contributed by atoms with van der Waals surface area (Å²) in [6, 6.07) is 0. The molecule has 2 N–H and O–H groups in total. The first-order valence-electron chi connectivity index (χ1n) is 5.27. The van der Waals surface area contributed by atoms with Gasteiger partial charge in [0.05, 0.1) is 5.54 Å². The lowest BCUT2D eigenvalue weighted by Gasteiger charge is -2.31. The molecule has 0 spiro atoms. The van der Waals surface area contributed by atoms with Crippen LogP contribution in [0.25, 0.3) is 0 Å². The van der Waals surface area contributed by atoms with E-state index in [4.69, 9.17) is 0 Å². The summed E-state index contributed by atoms with van der Waals surface area (Å²) < 4.78 is 0. The largest absolute Gasteiger partial charge is 0.389 e. The van der Waals surface area contributed by atoms with Gasteiger partial charge in [0.25, 0.3) is 0 Å². The van der Waals surface area contributed by atoms with Gasteiger partial charge in [-0.15, -0.1) is 6.58 Å². The Morgan fingerprint density at radius 2 is 2.29 bits per heavy atom. The Balaban J connectivity index is 2.70. The molecule has 0 saturated carbocycles. The van der Waals surface area contributed by atoms with Crippen molar-refractivity contribution in [1.82, 2.24) is 10.6 Å². The molecule has 0 radical (unpaired) electrons. The van der Waals surface area contributed by atoms with E-state index >= 15 is 0 Å². The van der Waals surface area contributed by atoms with Gasteiger partial charge in [-0.05, 0) is 19.5 Å². The van der Waals surface area contributed by atoms with Crippen molar-refractivity contribution < 1.29 is 0 Å². The molecule has 0 aromatic heterocycles. The monoisotopic (exact) mass is 192 g/mol. The lowest BCUT2D eigenvalue weighted by molar-refractivity contribution is 0.479. The van der Waals surface area contributed by atoms with Crippen LogP contribution in [0.3, 0.4) is 0 Å². The van der Waals surface area contributed by atoms with Crippen LogP contribution in [0.5, 0.6) is 0 Å². The van der Waals surface area contributed by atoms with Crippen LogP contribution in [0.15, 0.2) is 36.6 Å². The van der Waals surface area contributed by atoms with E-state index in [0.29, 0.717) is 0 Å². The molecule has 1 rings (SSSR count). The zero-order chi connectivity index (χ0) is 10.4. The zero-order valence-electron chi connectivity index (χ0n) is 9.14. The Morgan fingerprint density at radius 3 is 2.86 bits per heavy atom. The number of hydrogen-bond donors (Lipinski definition) is 2. The van der Waals surface area contributed by atoms with E-state index in [1.807, 2.05) is 6.08 Å². The highest BCUT2D eigenvalue weighted by molar-refractivity contribution is 5.31. The molecule has 0 amide bonds. The molecule has 2 heteroatoms. The van der Waals surface area contributed by atoms with Crippen molar-refractivity contribution >= 4 is 0 Å². The molecule has 0 saturated heterocycles. The van der Waals surface area contributed by atoms with E-state index in [9.17, 15) is 0 Å². The second-order valence-electron chi connectivity index (χ2n) is 3.53. The average Bonchev–Trinajstić information content (AvgIpc) is 2.19. The van der Waals surface area contributed by atoms with Crippen molar-refractivity contribution in [3.63, 3.8) is 0 Å². The maximum absolute atomic E-state index is 3.90. The normalized spacial score (nSPS) is 25.7. The Morgan fingerprint density at radius 1 is 1.50 bits per heavy atom. The fourth-order valence-corrected chi connectivity index (χ4v) is 1.78. The molecule has 0 aromatic rings. The van der Waals surface area contributed by atoms with E-state index < -0.39 is 0 Å². The van der Waals surface area contributed by atoms with Crippen LogP contribution < -0.4 is 10.6 Å². The van der Waals surface area contributed by atoms with Crippen molar-refractivity contribution in [2.75, 3.05) is 13.1 Å². The van der Waals surface area contributed by atoms with E-state index in [1.54, 1.807) is 0 Å². The topological polar surface area (TPSA) is 24.1 Å².